The molecule has 4 aromatic rings. The summed E-state index contributed by atoms with van der Waals surface area (Å²) in [5.41, 5.74) is 6.35. The standard InChI is InChI=1S/C16H14N4/c1-10-7-12-13(8-11(10)2)19-16(18-12)14-9-20-6-4-3-5-15(20)17-14/h3-9H,1-2H3,(H,18,19). The van der Waals surface area contributed by atoms with E-state index in [1.807, 2.05) is 35.0 Å². The van der Waals surface area contributed by atoms with Crippen LogP contribution in [0.15, 0.2) is 42.7 Å². The van der Waals surface area contributed by atoms with Crippen molar-refractivity contribution in [1.29, 1.82) is 0 Å². The lowest BCUT2D eigenvalue weighted by molar-refractivity contribution is 1.19. The summed E-state index contributed by atoms with van der Waals surface area (Å²) in [4.78, 5) is 12.6. The maximum atomic E-state index is 4.65. The molecule has 0 atom stereocenters. The summed E-state index contributed by atoms with van der Waals surface area (Å²) in [5, 5.41) is 0. The summed E-state index contributed by atoms with van der Waals surface area (Å²) in [6.07, 6.45) is 3.98. The Morgan fingerprint density at radius 2 is 1.90 bits per heavy atom. The van der Waals surface area contributed by atoms with E-state index in [0.717, 1.165) is 28.2 Å². The molecule has 0 spiro atoms. The van der Waals surface area contributed by atoms with Gasteiger partial charge < -0.3 is 9.38 Å². The topological polar surface area (TPSA) is 46.0 Å². The second kappa shape index (κ2) is 3.93. The van der Waals surface area contributed by atoms with Crippen LogP contribution in [-0.2, 0) is 0 Å². The molecule has 4 nitrogen and oxygen atoms in total. The number of aromatic nitrogens is 4. The van der Waals surface area contributed by atoms with Gasteiger partial charge in [-0.2, -0.15) is 0 Å². The van der Waals surface area contributed by atoms with E-state index in [-0.39, 0.29) is 0 Å². The average molecular weight is 262 g/mol. The zero-order valence-electron chi connectivity index (χ0n) is 11.4. The molecule has 20 heavy (non-hydrogen) atoms. The first-order valence-electron chi connectivity index (χ1n) is 6.62. The fourth-order valence-corrected chi connectivity index (χ4v) is 2.44. The van der Waals surface area contributed by atoms with Crippen molar-refractivity contribution < 1.29 is 0 Å². The fourth-order valence-electron chi connectivity index (χ4n) is 2.44. The van der Waals surface area contributed by atoms with Gasteiger partial charge in [-0.3, -0.25) is 0 Å². The minimum absolute atomic E-state index is 0.814. The molecule has 3 heterocycles. The van der Waals surface area contributed by atoms with Crippen LogP contribution in [0.2, 0.25) is 0 Å². The van der Waals surface area contributed by atoms with Crippen LogP contribution in [0, 0.1) is 13.8 Å². The lowest BCUT2D eigenvalue weighted by atomic mass is 10.1. The summed E-state index contributed by atoms with van der Waals surface area (Å²) >= 11 is 0. The van der Waals surface area contributed by atoms with Crippen LogP contribution in [0.3, 0.4) is 0 Å². The first kappa shape index (κ1) is 11.2. The van der Waals surface area contributed by atoms with Gasteiger partial charge in [0.15, 0.2) is 5.82 Å². The number of imidazole rings is 2. The molecular weight excluding hydrogens is 248 g/mol. The second-order valence-electron chi connectivity index (χ2n) is 5.13. The Morgan fingerprint density at radius 3 is 2.75 bits per heavy atom. The Morgan fingerprint density at radius 1 is 1.05 bits per heavy atom. The van der Waals surface area contributed by atoms with Gasteiger partial charge in [-0.05, 0) is 49.2 Å². The van der Waals surface area contributed by atoms with Gasteiger partial charge in [0, 0.05) is 12.4 Å². The molecule has 4 heteroatoms. The van der Waals surface area contributed by atoms with Gasteiger partial charge in [0.05, 0.1) is 11.0 Å². The molecule has 0 bridgehead atoms. The van der Waals surface area contributed by atoms with Crippen LogP contribution in [0.4, 0.5) is 0 Å². The summed E-state index contributed by atoms with van der Waals surface area (Å²) in [6, 6.07) is 10.2. The summed E-state index contributed by atoms with van der Waals surface area (Å²) in [7, 11) is 0. The molecule has 0 aliphatic carbocycles. The highest BCUT2D eigenvalue weighted by Crippen LogP contribution is 2.22. The van der Waals surface area contributed by atoms with Crippen molar-refractivity contribution >= 4 is 16.7 Å². The van der Waals surface area contributed by atoms with Crippen LogP contribution in [-0.4, -0.2) is 19.4 Å². The van der Waals surface area contributed by atoms with Crippen molar-refractivity contribution in [2.24, 2.45) is 0 Å². The molecule has 0 amide bonds. The number of nitrogens with one attached hydrogen (secondary N) is 1. The highest BCUT2D eigenvalue weighted by molar-refractivity contribution is 5.80. The molecule has 98 valence electrons. The molecule has 0 aliphatic heterocycles. The van der Waals surface area contributed by atoms with Crippen molar-refractivity contribution in [3.8, 4) is 11.5 Å². The Hall–Kier alpha value is -2.62. The summed E-state index contributed by atoms with van der Waals surface area (Å²) in [5.74, 6) is 0.814. The molecule has 1 aromatic carbocycles. The SMILES string of the molecule is Cc1cc2nc(-c3cn4ccccc4n3)[nH]c2cc1C. The summed E-state index contributed by atoms with van der Waals surface area (Å²) < 4.78 is 2.00. The number of rotatable bonds is 1. The first-order valence-corrected chi connectivity index (χ1v) is 6.62. The van der Waals surface area contributed by atoms with E-state index in [9.17, 15) is 0 Å². The number of hydrogen-bond acceptors (Lipinski definition) is 2. The average Bonchev–Trinajstić information content (AvgIpc) is 3.02. The maximum Gasteiger partial charge on any atom is 0.158 e. The van der Waals surface area contributed by atoms with Crippen molar-refractivity contribution in [2.45, 2.75) is 13.8 Å². The minimum Gasteiger partial charge on any atom is -0.337 e. The Bertz CT molecular complexity index is 858. The van der Waals surface area contributed by atoms with Crippen molar-refractivity contribution in [3.05, 3.63) is 53.9 Å². The predicted molar refractivity (Wildman–Crippen MR) is 79.8 cm³/mol. The maximum absolute atomic E-state index is 4.65. The molecule has 0 saturated carbocycles. The minimum atomic E-state index is 0.814. The Labute approximate surface area is 116 Å². The van der Waals surface area contributed by atoms with Crippen LogP contribution >= 0.6 is 0 Å². The van der Waals surface area contributed by atoms with E-state index in [1.54, 1.807) is 0 Å². The third kappa shape index (κ3) is 1.61. The molecule has 1 N–H and O–H groups in total. The smallest absolute Gasteiger partial charge is 0.158 e. The normalized spacial score (nSPS) is 11.5. The van der Waals surface area contributed by atoms with Gasteiger partial charge in [0.25, 0.3) is 0 Å². The van der Waals surface area contributed by atoms with Gasteiger partial charge in [-0.15, -0.1) is 0 Å². The number of pyridine rings is 1. The molecular formula is C16H14N4. The van der Waals surface area contributed by atoms with Gasteiger partial charge in [-0.25, -0.2) is 9.97 Å². The molecule has 0 fully saturated rings. The monoisotopic (exact) mass is 262 g/mol. The van der Waals surface area contributed by atoms with Crippen LogP contribution in [0.5, 0.6) is 0 Å². The van der Waals surface area contributed by atoms with Gasteiger partial charge in [0.2, 0.25) is 0 Å². The Balaban J connectivity index is 1.93. The van der Waals surface area contributed by atoms with E-state index >= 15 is 0 Å². The van der Waals surface area contributed by atoms with E-state index in [1.165, 1.54) is 11.1 Å². The largest absolute Gasteiger partial charge is 0.337 e. The molecule has 0 saturated heterocycles. The first-order chi connectivity index (χ1) is 9.70. The van der Waals surface area contributed by atoms with E-state index in [4.69, 9.17) is 0 Å². The number of nitrogens with zero attached hydrogens (tertiary/aromatic N) is 3. The van der Waals surface area contributed by atoms with Gasteiger partial charge in [-0.1, -0.05) is 6.07 Å². The number of H-pyrrole nitrogens is 1. The van der Waals surface area contributed by atoms with Crippen LogP contribution < -0.4 is 0 Å². The lowest BCUT2D eigenvalue weighted by Gasteiger charge is -1.97. The number of aryl methyl sites for hydroxylation is 2. The van der Waals surface area contributed by atoms with Crippen LogP contribution in [0.25, 0.3) is 28.2 Å². The number of fused-ring (bicyclic) bond motifs is 2. The van der Waals surface area contributed by atoms with E-state index in [2.05, 4.69) is 40.9 Å². The van der Waals surface area contributed by atoms with E-state index < -0.39 is 0 Å². The fraction of sp³-hybridized carbons (Fsp3) is 0.125. The Kier molecular flexibility index (Phi) is 2.21. The predicted octanol–water partition coefficient (Wildman–Crippen LogP) is 3.49. The number of hydrogen-bond donors (Lipinski definition) is 1. The van der Waals surface area contributed by atoms with Crippen molar-refractivity contribution in [1.82, 2.24) is 19.4 Å². The molecule has 0 radical (unpaired) electrons. The van der Waals surface area contributed by atoms with Crippen LogP contribution in [0.1, 0.15) is 11.1 Å². The second-order valence-corrected chi connectivity index (χ2v) is 5.13. The van der Waals surface area contributed by atoms with Gasteiger partial charge in [0.1, 0.15) is 11.3 Å². The quantitative estimate of drug-likeness (QED) is 0.570. The third-order valence-corrected chi connectivity index (χ3v) is 3.70. The van der Waals surface area contributed by atoms with Gasteiger partial charge >= 0.3 is 0 Å². The summed E-state index contributed by atoms with van der Waals surface area (Å²) in [6.45, 7) is 4.22. The lowest BCUT2D eigenvalue weighted by Crippen LogP contribution is -1.79. The molecule has 0 unspecified atom stereocenters. The van der Waals surface area contributed by atoms with E-state index in [0.29, 0.717) is 0 Å². The third-order valence-electron chi connectivity index (χ3n) is 3.70. The van der Waals surface area contributed by atoms with Crippen molar-refractivity contribution in [3.63, 3.8) is 0 Å². The zero-order chi connectivity index (χ0) is 13.7. The highest BCUT2D eigenvalue weighted by Gasteiger charge is 2.10. The number of aromatic amines is 1. The highest BCUT2D eigenvalue weighted by atomic mass is 15.0. The number of benzene rings is 1. The van der Waals surface area contributed by atoms with Crippen molar-refractivity contribution in [2.75, 3.05) is 0 Å². The molecule has 4 rings (SSSR count). The molecule has 3 aromatic heterocycles. The zero-order valence-corrected chi connectivity index (χ0v) is 11.4. The molecule has 0 aliphatic rings.